The maximum atomic E-state index is 5.53. The second kappa shape index (κ2) is 8.58. The molecule has 0 heterocycles. The second-order valence-corrected chi connectivity index (χ2v) is 7.37. The van der Waals surface area contributed by atoms with Crippen molar-refractivity contribution in [3.8, 4) is 0 Å². The van der Waals surface area contributed by atoms with E-state index in [1.165, 1.54) is 43.3 Å². The maximum absolute atomic E-state index is 5.53. The van der Waals surface area contributed by atoms with E-state index in [0.717, 1.165) is 12.8 Å². The molecule has 0 fully saturated rings. The lowest BCUT2D eigenvalue weighted by Gasteiger charge is -2.35. The average Bonchev–Trinajstić information content (AvgIpc) is 2.37. The summed E-state index contributed by atoms with van der Waals surface area (Å²) >= 11 is 0. The van der Waals surface area contributed by atoms with Crippen LogP contribution in [0.2, 0.25) is 0 Å². The van der Waals surface area contributed by atoms with Crippen molar-refractivity contribution in [3.05, 3.63) is 34.4 Å². The molecule has 1 aliphatic rings. The molecule has 0 radical (unpaired) electrons. The van der Waals surface area contributed by atoms with E-state index < -0.39 is 0 Å². The highest BCUT2D eigenvalue weighted by atomic mass is 14.5. The number of hydrogen-bond donors (Lipinski definition) is 1. The molecule has 0 aromatic rings. The summed E-state index contributed by atoms with van der Waals surface area (Å²) < 4.78 is 0. The highest BCUT2D eigenvalue weighted by molar-refractivity contribution is 5.23. The van der Waals surface area contributed by atoms with Crippen LogP contribution in [-0.4, -0.2) is 6.54 Å². The number of hydrogen-bond acceptors (Lipinski definition) is 1. The van der Waals surface area contributed by atoms with E-state index in [4.69, 9.17) is 5.73 Å². The minimum absolute atomic E-state index is 0.420. The van der Waals surface area contributed by atoms with Crippen molar-refractivity contribution in [2.75, 3.05) is 6.54 Å². The first-order valence-electron chi connectivity index (χ1n) is 8.57. The van der Waals surface area contributed by atoms with Crippen LogP contribution in [0.5, 0.6) is 0 Å². The summed E-state index contributed by atoms with van der Waals surface area (Å²) in [7, 11) is 0. The highest BCUT2D eigenvalue weighted by Crippen LogP contribution is 2.42. The van der Waals surface area contributed by atoms with Crippen LogP contribution in [0.1, 0.15) is 79.6 Å². The molecule has 0 amide bonds. The van der Waals surface area contributed by atoms with Crippen LogP contribution in [0.4, 0.5) is 0 Å². The fraction of sp³-hybridized carbons (Fsp3) is 0.700. The van der Waals surface area contributed by atoms with E-state index in [0.29, 0.717) is 12.0 Å². The van der Waals surface area contributed by atoms with Gasteiger partial charge >= 0.3 is 0 Å². The van der Waals surface area contributed by atoms with Crippen LogP contribution in [0.3, 0.4) is 0 Å². The molecule has 0 saturated carbocycles. The van der Waals surface area contributed by atoms with Crippen LogP contribution in [-0.2, 0) is 0 Å². The summed E-state index contributed by atoms with van der Waals surface area (Å²) in [6.45, 7) is 12.3. The maximum Gasteiger partial charge on any atom is 0.0109 e. The molecule has 0 spiro atoms. The molecular weight excluding hydrogens is 254 g/mol. The Morgan fingerprint density at radius 3 is 2.43 bits per heavy atom. The molecule has 120 valence electrons. The van der Waals surface area contributed by atoms with Crippen molar-refractivity contribution in [1.82, 2.24) is 0 Å². The van der Waals surface area contributed by atoms with E-state index in [9.17, 15) is 0 Å². The number of nitrogens with two attached hydrogens (primary N) is 1. The van der Waals surface area contributed by atoms with E-state index in [-0.39, 0.29) is 0 Å². The Balaban J connectivity index is 2.48. The Hall–Kier alpha value is -0.820. The zero-order valence-corrected chi connectivity index (χ0v) is 14.9. The molecule has 2 N–H and O–H groups in total. The van der Waals surface area contributed by atoms with Gasteiger partial charge in [0.25, 0.3) is 0 Å². The minimum Gasteiger partial charge on any atom is -0.327 e. The fourth-order valence-corrected chi connectivity index (χ4v) is 3.50. The standard InChI is InChI=1S/C20H35N/c1-16(8-6-9-17(2)13-15-21)11-12-19-18(3)10-7-14-20(19,4)5/h8,13H,6-7,9-12,14-15,21H2,1-5H3/b16-8+,17-13+. The second-order valence-electron chi connectivity index (χ2n) is 7.37. The van der Waals surface area contributed by atoms with Gasteiger partial charge in [0.1, 0.15) is 0 Å². The van der Waals surface area contributed by atoms with Crippen LogP contribution >= 0.6 is 0 Å². The van der Waals surface area contributed by atoms with Crippen molar-refractivity contribution in [3.63, 3.8) is 0 Å². The molecule has 21 heavy (non-hydrogen) atoms. The van der Waals surface area contributed by atoms with Crippen molar-refractivity contribution >= 4 is 0 Å². The van der Waals surface area contributed by atoms with Crippen molar-refractivity contribution in [2.24, 2.45) is 11.1 Å². The van der Waals surface area contributed by atoms with E-state index >= 15 is 0 Å². The van der Waals surface area contributed by atoms with Crippen molar-refractivity contribution < 1.29 is 0 Å². The van der Waals surface area contributed by atoms with Crippen LogP contribution in [0, 0.1) is 5.41 Å². The summed E-state index contributed by atoms with van der Waals surface area (Å²) in [5, 5.41) is 0. The van der Waals surface area contributed by atoms with E-state index in [1.807, 2.05) is 0 Å². The van der Waals surface area contributed by atoms with Gasteiger partial charge in [-0.25, -0.2) is 0 Å². The Kier molecular flexibility index (Phi) is 7.45. The van der Waals surface area contributed by atoms with Gasteiger partial charge < -0.3 is 5.73 Å². The summed E-state index contributed by atoms with van der Waals surface area (Å²) in [4.78, 5) is 0. The third-order valence-electron chi connectivity index (χ3n) is 4.95. The quantitative estimate of drug-likeness (QED) is 0.578. The van der Waals surface area contributed by atoms with Gasteiger partial charge in [0, 0.05) is 6.54 Å². The van der Waals surface area contributed by atoms with Gasteiger partial charge in [-0.05, 0) is 71.1 Å². The summed E-state index contributed by atoms with van der Waals surface area (Å²) in [5.74, 6) is 0. The lowest BCUT2D eigenvalue weighted by molar-refractivity contribution is 0.354. The van der Waals surface area contributed by atoms with Gasteiger partial charge in [0.2, 0.25) is 0 Å². The number of rotatable bonds is 7. The molecule has 0 atom stereocenters. The van der Waals surface area contributed by atoms with Crippen LogP contribution in [0.25, 0.3) is 0 Å². The Labute approximate surface area is 132 Å². The fourth-order valence-electron chi connectivity index (χ4n) is 3.50. The van der Waals surface area contributed by atoms with Crippen LogP contribution in [0.15, 0.2) is 34.4 Å². The molecule has 0 saturated heterocycles. The third kappa shape index (κ3) is 6.22. The van der Waals surface area contributed by atoms with Gasteiger partial charge in [0.05, 0.1) is 0 Å². The topological polar surface area (TPSA) is 26.0 Å². The predicted molar refractivity (Wildman–Crippen MR) is 95.4 cm³/mol. The van der Waals surface area contributed by atoms with Gasteiger partial charge in [-0.2, -0.15) is 0 Å². The molecule has 1 heteroatoms. The van der Waals surface area contributed by atoms with Gasteiger partial charge in [-0.3, -0.25) is 0 Å². The molecule has 1 aliphatic carbocycles. The molecule has 0 bridgehead atoms. The summed E-state index contributed by atoms with van der Waals surface area (Å²) in [5.41, 5.74) is 12.3. The smallest absolute Gasteiger partial charge is 0.0109 e. The minimum atomic E-state index is 0.420. The normalized spacial score (nSPS) is 20.1. The first-order valence-corrected chi connectivity index (χ1v) is 8.57. The molecule has 1 rings (SSSR count). The van der Waals surface area contributed by atoms with Crippen LogP contribution < -0.4 is 5.73 Å². The third-order valence-corrected chi connectivity index (χ3v) is 4.95. The monoisotopic (exact) mass is 289 g/mol. The zero-order valence-electron chi connectivity index (χ0n) is 14.9. The largest absolute Gasteiger partial charge is 0.327 e. The highest BCUT2D eigenvalue weighted by Gasteiger charge is 2.27. The molecule has 0 unspecified atom stereocenters. The lowest BCUT2D eigenvalue weighted by Crippen LogP contribution is -2.20. The summed E-state index contributed by atoms with van der Waals surface area (Å²) in [6, 6.07) is 0. The predicted octanol–water partition coefficient (Wildman–Crippen LogP) is 5.92. The summed E-state index contributed by atoms with van der Waals surface area (Å²) in [6.07, 6.45) is 13.3. The molecule has 0 aromatic heterocycles. The first kappa shape index (κ1) is 18.2. The van der Waals surface area contributed by atoms with Gasteiger partial charge in [0.15, 0.2) is 0 Å². The Morgan fingerprint density at radius 1 is 1.14 bits per heavy atom. The lowest BCUT2D eigenvalue weighted by atomic mass is 9.71. The van der Waals surface area contributed by atoms with Crippen molar-refractivity contribution in [2.45, 2.75) is 79.6 Å². The van der Waals surface area contributed by atoms with E-state index in [1.54, 1.807) is 11.1 Å². The molecular formula is C20H35N. The molecule has 1 nitrogen and oxygen atoms in total. The van der Waals surface area contributed by atoms with Gasteiger partial charge in [-0.1, -0.05) is 48.3 Å². The zero-order chi connectivity index (χ0) is 15.9. The SMILES string of the molecule is CC1=C(CC/C(C)=C/CC/C(C)=C/CN)C(C)(C)CCC1. The number of allylic oxidation sites excluding steroid dienone is 5. The van der Waals surface area contributed by atoms with Gasteiger partial charge in [-0.15, -0.1) is 0 Å². The van der Waals surface area contributed by atoms with E-state index in [2.05, 4.69) is 46.8 Å². The Bertz CT molecular complexity index is 421. The molecule has 0 aromatic carbocycles. The average molecular weight is 290 g/mol. The Morgan fingerprint density at radius 2 is 1.81 bits per heavy atom. The van der Waals surface area contributed by atoms with Crippen molar-refractivity contribution in [1.29, 1.82) is 0 Å². The first-order chi connectivity index (χ1) is 9.86. The molecule has 0 aliphatic heterocycles.